The Balaban J connectivity index is 1.61. The van der Waals surface area contributed by atoms with Crippen molar-refractivity contribution in [3.8, 4) is 0 Å². The SMILES string of the molecule is COC(=O)C1CCC2C3CCC4NC(=O)CCC4(C)C3CCC12C. The van der Waals surface area contributed by atoms with Crippen LogP contribution in [-0.2, 0) is 14.3 Å². The molecule has 3 aliphatic carbocycles. The molecule has 1 heterocycles. The Bertz CT molecular complexity index is 561. The molecule has 4 heteroatoms. The molecule has 7 unspecified atom stereocenters. The molecule has 1 aliphatic heterocycles. The fourth-order valence-electron chi connectivity index (χ4n) is 7.23. The molecule has 3 saturated carbocycles. The van der Waals surface area contributed by atoms with Gasteiger partial charge < -0.3 is 10.1 Å². The third-order valence-electron chi connectivity index (χ3n) is 8.58. The Labute approximate surface area is 145 Å². The lowest BCUT2D eigenvalue weighted by Crippen LogP contribution is -2.61. The van der Waals surface area contributed by atoms with Gasteiger partial charge in [0.2, 0.25) is 5.91 Å². The highest BCUT2D eigenvalue weighted by Crippen LogP contribution is 2.65. The van der Waals surface area contributed by atoms with E-state index in [2.05, 4.69) is 19.2 Å². The Morgan fingerprint density at radius 3 is 2.54 bits per heavy atom. The molecule has 4 fully saturated rings. The maximum Gasteiger partial charge on any atom is 0.309 e. The second-order valence-electron chi connectivity index (χ2n) is 9.28. The molecular weight excluding hydrogens is 302 g/mol. The van der Waals surface area contributed by atoms with Crippen molar-refractivity contribution in [3.05, 3.63) is 0 Å². The first-order chi connectivity index (χ1) is 11.4. The van der Waals surface area contributed by atoms with Gasteiger partial charge in [-0.05, 0) is 73.5 Å². The first kappa shape index (κ1) is 16.4. The van der Waals surface area contributed by atoms with Gasteiger partial charge in [0.05, 0.1) is 13.0 Å². The maximum absolute atomic E-state index is 12.3. The van der Waals surface area contributed by atoms with E-state index in [0.29, 0.717) is 24.3 Å². The van der Waals surface area contributed by atoms with E-state index in [-0.39, 0.29) is 28.6 Å². The van der Waals surface area contributed by atoms with Gasteiger partial charge in [0, 0.05) is 12.5 Å². The first-order valence-electron chi connectivity index (χ1n) is 9.77. The highest BCUT2D eigenvalue weighted by atomic mass is 16.5. The molecule has 1 amide bonds. The third-order valence-corrected chi connectivity index (χ3v) is 8.58. The van der Waals surface area contributed by atoms with Gasteiger partial charge in [-0.25, -0.2) is 0 Å². The van der Waals surface area contributed by atoms with E-state index in [1.165, 1.54) is 26.4 Å². The number of amides is 1. The van der Waals surface area contributed by atoms with E-state index in [1.54, 1.807) is 0 Å². The summed E-state index contributed by atoms with van der Waals surface area (Å²) >= 11 is 0. The van der Waals surface area contributed by atoms with E-state index in [9.17, 15) is 9.59 Å². The predicted octanol–water partition coefficient (Wildman–Crippen LogP) is 3.30. The number of hydrogen-bond acceptors (Lipinski definition) is 3. The van der Waals surface area contributed by atoms with Crippen LogP contribution in [-0.4, -0.2) is 25.0 Å². The van der Waals surface area contributed by atoms with Crippen molar-refractivity contribution < 1.29 is 14.3 Å². The van der Waals surface area contributed by atoms with Crippen LogP contribution in [0, 0.1) is 34.5 Å². The lowest BCUT2D eigenvalue weighted by atomic mass is 9.47. The number of piperidine rings is 1. The number of carbonyl (C=O) groups is 2. The minimum Gasteiger partial charge on any atom is -0.469 e. The number of rotatable bonds is 1. The topological polar surface area (TPSA) is 55.4 Å². The Hall–Kier alpha value is -1.06. The van der Waals surface area contributed by atoms with Crippen LogP contribution in [0.15, 0.2) is 0 Å². The molecule has 7 atom stereocenters. The molecule has 0 aromatic heterocycles. The van der Waals surface area contributed by atoms with Crippen LogP contribution in [0.1, 0.15) is 65.2 Å². The van der Waals surface area contributed by atoms with Gasteiger partial charge in [-0.3, -0.25) is 9.59 Å². The van der Waals surface area contributed by atoms with Crippen molar-refractivity contribution in [2.75, 3.05) is 7.11 Å². The van der Waals surface area contributed by atoms with Crippen molar-refractivity contribution >= 4 is 11.9 Å². The van der Waals surface area contributed by atoms with E-state index >= 15 is 0 Å². The number of hydrogen-bond donors (Lipinski definition) is 1. The Morgan fingerprint density at radius 1 is 1.04 bits per heavy atom. The van der Waals surface area contributed by atoms with Crippen LogP contribution in [0.2, 0.25) is 0 Å². The number of fused-ring (bicyclic) bond motifs is 5. The molecule has 1 N–H and O–H groups in total. The van der Waals surface area contributed by atoms with Gasteiger partial charge >= 0.3 is 5.97 Å². The molecule has 24 heavy (non-hydrogen) atoms. The van der Waals surface area contributed by atoms with Gasteiger partial charge in [-0.2, -0.15) is 0 Å². The molecule has 4 rings (SSSR count). The standard InChI is InChI=1S/C20H31NO3/c1-19-10-8-14-12(13(19)5-6-15(19)18(23)24-3)4-7-16-20(14,2)11-9-17(22)21-16/h12-16H,4-11H2,1-3H3,(H,21,22). The maximum atomic E-state index is 12.3. The van der Waals surface area contributed by atoms with Crippen molar-refractivity contribution in [3.63, 3.8) is 0 Å². The predicted molar refractivity (Wildman–Crippen MR) is 91.1 cm³/mol. The second kappa shape index (κ2) is 5.47. The summed E-state index contributed by atoms with van der Waals surface area (Å²) in [4.78, 5) is 24.1. The van der Waals surface area contributed by atoms with Gasteiger partial charge in [0.25, 0.3) is 0 Å². The molecule has 0 aromatic rings. The van der Waals surface area contributed by atoms with Gasteiger partial charge in [-0.15, -0.1) is 0 Å². The van der Waals surface area contributed by atoms with Gasteiger partial charge in [-0.1, -0.05) is 13.8 Å². The minimum absolute atomic E-state index is 0.00303. The zero-order chi connectivity index (χ0) is 17.1. The van der Waals surface area contributed by atoms with Crippen LogP contribution < -0.4 is 5.32 Å². The summed E-state index contributed by atoms with van der Waals surface area (Å²) in [5.74, 6) is 2.40. The molecular formula is C20H31NO3. The average molecular weight is 333 g/mol. The van der Waals surface area contributed by atoms with Gasteiger partial charge in [0.15, 0.2) is 0 Å². The summed E-state index contributed by atoms with van der Waals surface area (Å²) in [6.07, 6.45) is 8.54. The van der Waals surface area contributed by atoms with E-state index in [1.807, 2.05) is 0 Å². The van der Waals surface area contributed by atoms with Crippen LogP contribution >= 0.6 is 0 Å². The zero-order valence-corrected chi connectivity index (χ0v) is 15.3. The summed E-state index contributed by atoms with van der Waals surface area (Å²) < 4.78 is 5.12. The second-order valence-corrected chi connectivity index (χ2v) is 9.28. The summed E-state index contributed by atoms with van der Waals surface area (Å²) in [6.45, 7) is 4.77. The molecule has 0 radical (unpaired) electrons. The monoisotopic (exact) mass is 333 g/mol. The molecule has 0 spiro atoms. The summed E-state index contributed by atoms with van der Waals surface area (Å²) in [7, 11) is 1.53. The molecule has 0 bridgehead atoms. The van der Waals surface area contributed by atoms with Crippen LogP contribution in [0.3, 0.4) is 0 Å². The third kappa shape index (κ3) is 2.10. The zero-order valence-electron chi connectivity index (χ0n) is 15.3. The molecule has 4 nitrogen and oxygen atoms in total. The number of ether oxygens (including phenoxy) is 1. The molecule has 1 saturated heterocycles. The van der Waals surface area contributed by atoms with E-state index < -0.39 is 0 Å². The number of nitrogens with one attached hydrogen (secondary N) is 1. The normalized spacial score (nSPS) is 50.3. The number of esters is 1. The Morgan fingerprint density at radius 2 is 1.79 bits per heavy atom. The van der Waals surface area contributed by atoms with Crippen molar-refractivity contribution in [1.29, 1.82) is 0 Å². The number of methoxy groups -OCH3 is 1. The highest BCUT2D eigenvalue weighted by molar-refractivity contribution is 5.77. The average Bonchev–Trinajstić information content (AvgIpc) is 2.92. The number of carbonyl (C=O) groups excluding carboxylic acids is 2. The van der Waals surface area contributed by atoms with Crippen LogP contribution in [0.25, 0.3) is 0 Å². The highest BCUT2D eigenvalue weighted by Gasteiger charge is 2.61. The minimum atomic E-state index is 0.00303. The largest absolute Gasteiger partial charge is 0.469 e. The quantitative estimate of drug-likeness (QED) is 0.749. The smallest absolute Gasteiger partial charge is 0.309 e. The van der Waals surface area contributed by atoms with Crippen molar-refractivity contribution in [1.82, 2.24) is 5.32 Å². The molecule has 134 valence electrons. The molecule has 0 aromatic carbocycles. The van der Waals surface area contributed by atoms with Crippen LogP contribution in [0.5, 0.6) is 0 Å². The van der Waals surface area contributed by atoms with Crippen LogP contribution in [0.4, 0.5) is 0 Å². The summed E-state index contributed by atoms with van der Waals surface area (Å²) in [5, 5.41) is 3.28. The summed E-state index contributed by atoms with van der Waals surface area (Å²) in [6, 6.07) is 0.363. The van der Waals surface area contributed by atoms with Gasteiger partial charge in [0.1, 0.15) is 0 Å². The van der Waals surface area contributed by atoms with Crippen molar-refractivity contribution in [2.45, 2.75) is 71.3 Å². The lowest BCUT2D eigenvalue weighted by molar-refractivity contribution is -0.155. The van der Waals surface area contributed by atoms with Crippen molar-refractivity contribution in [2.24, 2.45) is 34.5 Å². The fourth-order valence-corrected chi connectivity index (χ4v) is 7.23. The lowest BCUT2D eigenvalue weighted by Gasteiger charge is -2.60. The van der Waals surface area contributed by atoms with E-state index in [0.717, 1.165) is 31.6 Å². The first-order valence-corrected chi connectivity index (χ1v) is 9.77. The van der Waals surface area contributed by atoms with E-state index in [4.69, 9.17) is 4.74 Å². The fraction of sp³-hybridized carbons (Fsp3) is 0.900. The molecule has 4 aliphatic rings. The summed E-state index contributed by atoms with van der Waals surface area (Å²) in [5.41, 5.74) is 0.372. The Kier molecular flexibility index (Phi) is 3.74.